The van der Waals surface area contributed by atoms with Crippen molar-refractivity contribution in [2.45, 2.75) is 6.92 Å². The Kier molecular flexibility index (Phi) is 6.72. The lowest BCUT2D eigenvalue weighted by molar-refractivity contribution is 0.102. The maximum atomic E-state index is 14.2. The first-order valence-corrected chi connectivity index (χ1v) is 11.1. The Bertz CT molecular complexity index is 1200. The third kappa shape index (κ3) is 5.21. The topological polar surface area (TPSA) is 122 Å². The van der Waals surface area contributed by atoms with E-state index in [2.05, 4.69) is 20.6 Å². The highest BCUT2D eigenvalue weighted by molar-refractivity contribution is 7.19. The normalized spacial score (nSPS) is 13.6. The third-order valence-electron chi connectivity index (χ3n) is 4.96. The Balaban J connectivity index is 1.52. The number of halogens is 2. The molecular formula is C21H20ClFN6O3S. The van der Waals surface area contributed by atoms with Crippen LogP contribution < -0.4 is 21.3 Å². The van der Waals surface area contributed by atoms with Crippen molar-refractivity contribution >= 4 is 57.1 Å². The zero-order chi connectivity index (χ0) is 23.5. The molecule has 33 heavy (non-hydrogen) atoms. The van der Waals surface area contributed by atoms with Crippen molar-refractivity contribution in [1.29, 1.82) is 0 Å². The number of nitrogens with two attached hydrogens (primary N) is 1. The Labute approximate surface area is 197 Å². The summed E-state index contributed by atoms with van der Waals surface area (Å²) in [7, 11) is 0. The van der Waals surface area contributed by atoms with Gasteiger partial charge in [-0.3, -0.25) is 9.59 Å². The number of carbonyl (C=O) groups is 2. The lowest BCUT2D eigenvalue weighted by atomic mass is 10.1. The number of benzene rings is 1. The average molecular weight is 491 g/mol. The molecule has 3 aromatic rings. The van der Waals surface area contributed by atoms with Gasteiger partial charge in [-0.15, -0.1) is 11.3 Å². The minimum absolute atomic E-state index is 0.0807. The van der Waals surface area contributed by atoms with Gasteiger partial charge in [0.2, 0.25) is 5.95 Å². The van der Waals surface area contributed by atoms with Crippen molar-refractivity contribution in [3.8, 4) is 0 Å². The molecule has 0 aliphatic carbocycles. The van der Waals surface area contributed by atoms with E-state index >= 15 is 0 Å². The summed E-state index contributed by atoms with van der Waals surface area (Å²) in [6, 6.07) is 4.18. The van der Waals surface area contributed by atoms with Crippen LogP contribution in [0.1, 0.15) is 25.6 Å². The molecule has 0 atom stereocenters. The van der Waals surface area contributed by atoms with E-state index in [0.717, 1.165) is 11.3 Å². The van der Waals surface area contributed by atoms with Gasteiger partial charge >= 0.3 is 0 Å². The molecule has 4 N–H and O–H groups in total. The summed E-state index contributed by atoms with van der Waals surface area (Å²) >= 11 is 7.36. The number of carbonyl (C=O) groups excluding carboxylic acids is 2. The van der Waals surface area contributed by atoms with E-state index in [-0.39, 0.29) is 21.4 Å². The minimum Gasteiger partial charge on any atom is -0.378 e. The summed E-state index contributed by atoms with van der Waals surface area (Å²) in [5.74, 6) is -1.43. The van der Waals surface area contributed by atoms with E-state index in [1.165, 1.54) is 24.5 Å². The van der Waals surface area contributed by atoms with Crippen LogP contribution in [0.5, 0.6) is 0 Å². The Morgan fingerprint density at radius 1 is 1.15 bits per heavy atom. The van der Waals surface area contributed by atoms with Crippen LogP contribution in [0.3, 0.4) is 0 Å². The van der Waals surface area contributed by atoms with Crippen molar-refractivity contribution in [1.82, 2.24) is 9.97 Å². The van der Waals surface area contributed by atoms with Gasteiger partial charge in [0.1, 0.15) is 15.7 Å². The third-order valence-corrected chi connectivity index (χ3v) is 6.75. The standard InChI is InChI=1S/C21H20ClFN6O3S/c1-11-16(22)17(19(31)27-14-9-25-21(24)26-10-14)33-20(11)28-18(30)12-6-13(23)8-15(7-12)29-2-4-32-5-3-29/h6-10H,2-5H2,1H3,(H,27,31)(H,28,30)(H2,24,25,26). The van der Waals surface area contributed by atoms with Gasteiger partial charge in [0.05, 0.1) is 36.3 Å². The van der Waals surface area contributed by atoms with Gasteiger partial charge in [-0.05, 0) is 25.1 Å². The van der Waals surface area contributed by atoms with Crippen molar-refractivity contribution in [3.05, 3.63) is 57.4 Å². The van der Waals surface area contributed by atoms with Crippen LogP contribution >= 0.6 is 22.9 Å². The van der Waals surface area contributed by atoms with Crippen molar-refractivity contribution < 1.29 is 18.7 Å². The second kappa shape index (κ2) is 9.69. The molecule has 4 rings (SSSR count). The number of morpholine rings is 1. The Hall–Kier alpha value is -3.28. The van der Waals surface area contributed by atoms with E-state index in [1.54, 1.807) is 13.0 Å². The van der Waals surface area contributed by atoms with Crippen LogP contribution in [0, 0.1) is 12.7 Å². The minimum atomic E-state index is -0.518. The molecule has 0 saturated carbocycles. The van der Waals surface area contributed by atoms with E-state index in [9.17, 15) is 14.0 Å². The molecule has 1 saturated heterocycles. The first-order chi connectivity index (χ1) is 15.8. The first-order valence-electron chi connectivity index (χ1n) is 9.94. The highest BCUT2D eigenvalue weighted by atomic mass is 35.5. The van der Waals surface area contributed by atoms with E-state index < -0.39 is 17.6 Å². The second-order valence-electron chi connectivity index (χ2n) is 7.24. The van der Waals surface area contributed by atoms with Crippen LogP contribution in [0.25, 0.3) is 0 Å². The lowest BCUT2D eigenvalue weighted by Gasteiger charge is -2.29. The molecule has 1 aliphatic rings. The molecule has 12 heteroatoms. The van der Waals surface area contributed by atoms with Gasteiger partial charge in [0.25, 0.3) is 11.8 Å². The van der Waals surface area contributed by atoms with Gasteiger partial charge < -0.3 is 26.0 Å². The Morgan fingerprint density at radius 3 is 2.55 bits per heavy atom. The monoisotopic (exact) mass is 490 g/mol. The fourth-order valence-corrected chi connectivity index (χ4v) is 4.58. The van der Waals surface area contributed by atoms with E-state index in [0.29, 0.717) is 48.2 Å². The van der Waals surface area contributed by atoms with Crippen molar-refractivity contribution in [3.63, 3.8) is 0 Å². The van der Waals surface area contributed by atoms with Gasteiger partial charge in [-0.25, -0.2) is 14.4 Å². The zero-order valence-corrected chi connectivity index (χ0v) is 19.1. The number of anilines is 4. The van der Waals surface area contributed by atoms with Gasteiger partial charge in [0, 0.05) is 29.9 Å². The summed E-state index contributed by atoms with van der Waals surface area (Å²) in [6.45, 7) is 3.99. The quantitative estimate of drug-likeness (QED) is 0.499. The SMILES string of the molecule is Cc1c(NC(=O)c2cc(F)cc(N3CCOCC3)c2)sc(C(=O)Nc2cnc(N)nc2)c1Cl. The molecule has 1 fully saturated rings. The number of nitrogens with one attached hydrogen (secondary N) is 2. The largest absolute Gasteiger partial charge is 0.378 e. The highest BCUT2D eigenvalue weighted by Crippen LogP contribution is 2.37. The average Bonchev–Trinajstić information content (AvgIpc) is 3.09. The smallest absolute Gasteiger partial charge is 0.267 e. The lowest BCUT2D eigenvalue weighted by Crippen LogP contribution is -2.36. The predicted octanol–water partition coefficient (Wildman–Crippen LogP) is 3.56. The maximum Gasteiger partial charge on any atom is 0.267 e. The van der Waals surface area contributed by atoms with Crippen LogP contribution in [-0.2, 0) is 4.74 Å². The molecule has 0 bridgehead atoms. The Morgan fingerprint density at radius 2 is 1.85 bits per heavy atom. The highest BCUT2D eigenvalue weighted by Gasteiger charge is 2.22. The van der Waals surface area contributed by atoms with E-state index in [4.69, 9.17) is 22.1 Å². The number of nitrogens with zero attached hydrogens (tertiary/aromatic N) is 3. The number of rotatable bonds is 5. The number of aromatic nitrogens is 2. The number of hydrogen-bond acceptors (Lipinski definition) is 8. The summed E-state index contributed by atoms with van der Waals surface area (Å²) in [4.78, 5) is 35.3. The molecule has 1 aliphatic heterocycles. The fourth-order valence-electron chi connectivity index (χ4n) is 3.23. The summed E-state index contributed by atoms with van der Waals surface area (Å²) in [6.07, 6.45) is 2.74. The molecular weight excluding hydrogens is 471 g/mol. The van der Waals surface area contributed by atoms with Gasteiger partial charge in [-0.2, -0.15) is 0 Å². The summed E-state index contributed by atoms with van der Waals surface area (Å²) < 4.78 is 19.6. The van der Waals surface area contributed by atoms with E-state index in [1.807, 2.05) is 4.90 Å². The molecule has 9 nitrogen and oxygen atoms in total. The van der Waals surface area contributed by atoms with Gasteiger partial charge in [-0.1, -0.05) is 11.6 Å². The molecule has 0 unspecified atom stereocenters. The summed E-state index contributed by atoms with van der Waals surface area (Å²) in [5.41, 5.74) is 7.08. The van der Waals surface area contributed by atoms with Crippen LogP contribution in [-0.4, -0.2) is 48.1 Å². The van der Waals surface area contributed by atoms with Crippen molar-refractivity contribution in [2.24, 2.45) is 0 Å². The maximum absolute atomic E-state index is 14.2. The number of nitrogen functional groups attached to an aromatic ring is 1. The predicted molar refractivity (Wildman–Crippen MR) is 126 cm³/mol. The van der Waals surface area contributed by atoms with Crippen LogP contribution in [0.2, 0.25) is 5.02 Å². The first kappa shape index (κ1) is 22.9. The molecule has 1 aromatic carbocycles. The number of amides is 2. The molecule has 0 radical (unpaired) electrons. The summed E-state index contributed by atoms with van der Waals surface area (Å²) in [5, 5.41) is 5.96. The van der Waals surface area contributed by atoms with Gasteiger partial charge in [0.15, 0.2) is 0 Å². The fraction of sp³-hybridized carbons (Fsp3) is 0.238. The molecule has 3 heterocycles. The number of thiophene rings is 1. The van der Waals surface area contributed by atoms with Crippen LogP contribution in [0.15, 0.2) is 30.6 Å². The molecule has 2 amide bonds. The second-order valence-corrected chi connectivity index (χ2v) is 8.63. The molecule has 0 spiro atoms. The van der Waals surface area contributed by atoms with Crippen LogP contribution in [0.4, 0.5) is 26.7 Å². The number of hydrogen-bond donors (Lipinski definition) is 3. The molecule has 2 aromatic heterocycles. The number of ether oxygens (including phenoxy) is 1. The van der Waals surface area contributed by atoms with Crippen molar-refractivity contribution in [2.75, 3.05) is 47.6 Å². The molecule has 172 valence electrons. The zero-order valence-electron chi connectivity index (χ0n) is 17.5.